The van der Waals surface area contributed by atoms with Gasteiger partial charge in [0.05, 0.1) is 19.0 Å². The molecule has 0 atom stereocenters. The Balaban J connectivity index is 2.05. The van der Waals surface area contributed by atoms with Crippen LogP contribution < -0.4 is 15.5 Å². The molecule has 0 heterocycles. The molecule has 0 aliphatic carbocycles. The number of methoxy groups -OCH3 is 1. The van der Waals surface area contributed by atoms with Gasteiger partial charge in [0.15, 0.2) is 11.5 Å². The van der Waals surface area contributed by atoms with Crippen molar-refractivity contribution in [1.29, 1.82) is 0 Å². The predicted octanol–water partition coefficient (Wildman–Crippen LogP) is 2.36. The highest BCUT2D eigenvalue weighted by atomic mass is 19.1. The fraction of sp³-hybridized carbons (Fsp3) is 0.105. The summed E-state index contributed by atoms with van der Waals surface area (Å²) in [6.07, 6.45) is 3.30. The summed E-state index contributed by atoms with van der Waals surface area (Å²) in [6, 6.07) is 8.61. The Bertz CT molecular complexity index is 897. The number of hydrogen-bond donors (Lipinski definition) is 3. The number of carbonyl (C=O) groups excluding carboxylic acids is 2. The molecule has 2 rings (SSSR count). The molecule has 0 aliphatic heterocycles. The zero-order chi connectivity index (χ0) is 19.8. The molecule has 27 heavy (non-hydrogen) atoms. The highest BCUT2D eigenvalue weighted by Gasteiger charge is 2.15. The predicted molar refractivity (Wildman–Crippen MR) is 99.3 cm³/mol. The normalized spacial score (nSPS) is 10.4. The Hall–Kier alpha value is -3.68. The number of phenols is 1. The van der Waals surface area contributed by atoms with Crippen LogP contribution in [-0.4, -0.2) is 30.2 Å². The summed E-state index contributed by atoms with van der Waals surface area (Å²) in [6.45, 7) is 3.61. The lowest BCUT2D eigenvalue weighted by molar-refractivity contribution is -0.136. The molecule has 2 aromatic rings. The second kappa shape index (κ2) is 9.14. The molecule has 0 unspecified atom stereocenters. The average molecular weight is 371 g/mol. The maximum absolute atomic E-state index is 13.5. The van der Waals surface area contributed by atoms with Gasteiger partial charge < -0.3 is 15.2 Å². The van der Waals surface area contributed by atoms with Gasteiger partial charge in [-0.2, -0.15) is 5.10 Å². The molecular weight excluding hydrogens is 353 g/mol. The van der Waals surface area contributed by atoms with E-state index in [9.17, 15) is 19.1 Å². The van der Waals surface area contributed by atoms with Crippen molar-refractivity contribution in [3.63, 3.8) is 0 Å². The van der Waals surface area contributed by atoms with Crippen LogP contribution in [0.2, 0.25) is 0 Å². The van der Waals surface area contributed by atoms with Gasteiger partial charge in [-0.1, -0.05) is 18.2 Å². The molecule has 7 nitrogen and oxygen atoms in total. The van der Waals surface area contributed by atoms with Crippen LogP contribution in [0.1, 0.15) is 11.1 Å². The molecule has 0 aromatic heterocycles. The standard InChI is InChI=1S/C19H18FN3O4/c1-3-6-13-9-12(10-16(27-2)17(13)24)11-21-23-19(26)18(25)22-15-8-5-4-7-14(15)20/h3-5,7-11,24H,1,6H2,2H3,(H,22,25)(H,23,26)/b21-11+. The number of nitrogens with zero attached hydrogens (tertiary/aromatic N) is 1. The van der Waals surface area contributed by atoms with Crippen LogP contribution in [0.5, 0.6) is 11.5 Å². The molecule has 8 heteroatoms. The summed E-state index contributed by atoms with van der Waals surface area (Å²) in [5.74, 6) is -2.56. The largest absolute Gasteiger partial charge is 0.504 e. The fourth-order valence-electron chi connectivity index (χ4n) is 2.19. The summed E-state index contributed by atoms with van der Waals surface area (Å²) in [5, 5.41) is 15.9. The highest BCUT2D eigenvalue weighted by Crippen LogP contribution is 2.31. The van der Waals surface area contributed by atoms with Crippen molar-refractivity contribution in [3.05, 3.63) is 66.0 Å². The minimum Gasteiger partial charge on any atom is -0.504 e. The lowest BCUT2D eigenvalue weighted by Crippen LogP contribution is -2.32. The van der Waals surface area contributed by atoms with E-state index in [1.165, 1.54) is 37.6 Å². The molecule has 0 saturated carbocycles. The first-order valence-corrected chi connectivity index (χ1v) is 7.86. The Labute approximate surface area is 155 Å². The molecule has 0 aliphatic rings. The van der Waals surface area contributed by atoms with Gasteiger partial charge in [-0.3, -0.25) is 9.59 Å². The van der Waals surface area contributed by atoms with Gasteiger partial charge in [0.25, 0.3) is 0 Å². The third-order valence-electron chi connectivity index (χ3n) is 3.47. The summed E-state index contributed by atoms with van der Waals surface area (Å²) in [5.41, 5.74) is 3.02. The highest BCUT2D eigenvalue weighted by molar-refractivity contribution is 6.39. The van der Waals surface area contributed by atoms with E-state index in [-0.39, 0.29) is 17.2 Å². The maximum atomic E-state index is 13.5. The minimum absolute atomic E-state index is 0.0112. The molecule has 0 bridgehead atoms. The van der Waals surface area contributed by atoms with Crippen molar-refractivity contribution in [2.75, 3.05) is 12.4 Å². The van der Waals surface area contributed by atoms with Gasteiger partial charge >= 0.3 is 11.8 Å². The van der Waals surface area contributed by atoms with E-state index in [0.717, 1.165) is 6.07 Å². The minimum atomic E-state index is -1.06. The van der Waals surface area contributed by atoms with Crippen molar-refractivity contribution < 1.29 is 23.8 Å². The number of amides is 2. The van der Waals surface area contributed by atoms with Crippen molar-refractivity contribution in [1.82, 2.24) is 5.43 Å². The van der Waals surface area contributed by atoms with Gasteiger partial charge in [-0.05, 0) is 36.2 Å². The number of phenolic OH excluding ortho intramolecular Hbond substituents is 1. The first-order valence-electron chi connectivity index (χ1n) is 7.86. The van der Waals surface area contributed by atoms with Crippen molar-refractivity contribution >= 4 is 23.7 Å². The van der Waals surface area contributed by atoms with E-state index in [1.807, 2.05) is 5.43 Å². The zero-order valence-corrected chi connectivity index (χ0v) is 14.5. The third kappa shape index (κ3) is 5.15. The van der Waals surface area contributed by atoms with E-state index < -0.39 is 17.6 Å². The zero-order valence-electron chi connectivity index (χ0n) is 14.5. The Morgan fingerprint density at radius 3 is 2.70 bits per heavy atom. The molecule has 3 N–H and O–H groups in total. The van der Waals surface area contributed by atoms with E-state index in [2.05, 4.69) is 17.0 Å². The Morgan fingerprint density at radius 2 is 2.04 bits per heavy atom. The van der Waals surface area contributed by atoms with Crippen LogP contribution >= 0.6 is 0 Å². The van der Waals surface area contributed by atoms with Crippen LogP contribution in [0.3, 0.4) is 0 Å². The molecule has 140 valence electrons. The number of allylic oxidation sites excluding steroid dienone is 1. The molecular formula is C19H18FN3O4. The molecule has 2 amide bonds. The number of hydrogen-bond acceptors (Lipinski definition) is 5. The average Bonchev–Trinajstić information content (AvgIpc) is 2.65. The van der Waals surface area contributed by atoms with Crippen LogP contribution in [0.15, 0.2) is 54.2 Å². The number of ether oxygens (including phenoxy) is 1. The number of rotatable bonds is 6. The number of halogens is 1. The monoisotopic (exact) mass is 371 g/mol. The third-order valence-corrected chi connectivity index (χ3v) is 3.47. The van der Waals surface area contributed by atoms with Gasteiger partial charge in [0.1, 0.15) is 5.82 Å². The lowest BCUT2D eigenvalue weighted by Gasteiger charge is -2.09. The number of aromatic hydroxyl groups is 1. The molecule has 0 fully saturated rings. The van der Waals surface area contributed by atoms with E-state index in [4.69, 9.17) is 4.74 Å². The number of nitrogens with one attached hydrogen (secondary N) is 2. The number of carbonyl (C=O) groups is 2. The Morgan fingerprint density at radius 1 is 1.30 bits per heavy atom. The number of benzene rings is 2. The molecule has 0 spiro atoms. The van der Waals surface area contributed by atoms with Gasteiger partial charge in [-0.25, -0.2) is 9.82 Å². The van der Waals surface area contributed by atoms with Crippen molar-refractivity contribution in [2.24, 2.45) is 5.10 Å². The second-order valence-electron chi connectivity index (χ2n) is 5.36. The molecule has 0 saturated heterocycles. The summed E-state index contributed by atoms with van der Waals surface area (Å²) >= 11 is 0. The van der Waals surface area contributed by atoms with Crippen LogP contribution in [0, 0.1) is 5.82 Å². The van der Waals surface area contributed by atoms with Gasteiger partial charge in [0.2, 0.25) is 0 Å². The van der Waals surface area contributed by atoms with Crippen molar-refractivity contribution in [3.8, 4) is 11.5 Å². The van der Waals surface area contributed by atoms with Crippen LogP contribution in [-0.2, 0) is 16.0 Å². The number of hydrazone groups is 1. The van der Waals surface area contributed by atoms with E-state index >= 15 is 0 Å². The smallest absolute Gasteiger partial charge is 0.329 e. The first kappa shape index (κ1) is 19.6. The fourth-order valence-corrected chi connectivity index (χ4v) is 2.19. The van der Waals surface area contributed by atoms with Crippen LogP contribution in [0.25, 0.3) is 0 Å². The summed E-state index contributed by atoms with van der Waals surface area (Å²) < 4.78 is 18.6. The quantitative estimate of drug-likeness (QED) is 0.314. The first-order chi connectivity index (χ1) is 13.0. The van der Waals surface area contributed by atoms with Crippen LogP contribution in [0.4, 0.5) is 10.1 Å². The number of para-hydroxylation sites is 1. The van der Waals surface area contributed by atoms with E-state index in [0.29, 0.717) is 17.5 Å². The maximum Gasteiger partial charge on any atom is 0.329 e. The summed E-state index contributed by atoms with van der Waals surface area (Å²) in [4.78, 5) is 23.5. The SMILES string of the molecule is C=CCc1cc(/C=N/NC(=O)C(=O)Nc2ccccc2F)cc(OC)c1O. The second-order valence-corrected chi connectivity index (χ2v) is 5.36. The lowest BCUT2D eigenvalue weighted by atomic mass is 10.1. The van der Waals surface area contributed by atoms with Gasteiger partial charge in [-0.15, -0.1) is 6.58 Å². The van der Waals surface area contributed by atoms with E-state index in [1.54, 1.807) is 12.1 Å². The topological polar surface area (TPSA) is 100 Å². The Kier molecular flexibility index (Phi) is 6.65. The molecule has 0 radical (unpaired) electrons. The summed E-state index contributed by atoms with van der Waals surface area (Å²) in [7, 11) is 1.41. The molecule has 2 aromatic carbocycles. The van der Waals surface area contributed by atoms with Crippen molar-refractivity contribution in [2.45, 2.75) is 6.42 Å². The number of anilines is 1. The van der Waals surface area contributed by atoms with Gasteiger partial charge in [0, 0.05) is 5.56 Å².